The topological polar surface area (TPSA) is 23.8 Å². The number of nitrogens with zero attached hydrogens (tertiary/aromatic N) is 1. The Balaban J connectivity index is 1.98. The molecule has 1 aromatic rings. The van der Waals surface area contributed by atoms with E-state index in [4.69, 9.17) is 5.26 Å². The fourth-order valence-electron chi connectivity index (χ4n) is 3.10. The van der Waals surface area contributed by atoms with Crippen molar-refractivity contribution < 1.29 is 0 Å². The van der Waals surface area contributed by atoms with E-state index in [2.05, 4.69) is 39.0 Å². The van der Waals surface area contributed by atoms with E-state index >= 15 is 0 Å². The summed E-state index contributed by atoms with van der Waals surface area (Å²) in [5, 5.41) is 8.80. The maximum atomic E-state index is 8.80. The highest BCUT2D eigenvalue weighted by molar-refractivity contribution is 5.51. The molecule has 0 radical (unpaired) electrons. The van der Waals surface area contributed by atoms with E-state index in [1.54, 1.807) is 0 Å². The molecule has 0 amide bonds. The lowest BCUT2D eigenvalue weighted by Gasteiger charge is -2.36. The molecule has 0 saturated heterocycles. The first-order chi connectivity index (χ1) is 9.52. The predicted octanol–water partition coefficient (Wildman–Crippen LogP) is 5.42. The van der Waals surface area contributed by atoms with E-state index in [1.807, 2.05) is 24.3 Å². The van der Waals surface area contributed by atoms with Gasteiger partial charge in [0.15, 0.2) is 0 Å². The van der Waals surface area contributed by atoms with Crippen molar-refractivity contribution in [2.24, 2.45) is 17.3 Å². The van der Waals surface area contributed by atoms with E-state index in [0.29, 0.717) is 5.41 Å². The van der Waals surface area contributed by atoms with Crippen molar-refractivity contribution in [3.05, 3.63) is 41.5 Å². The van der Waals surface area contributed by atoms with Crippen LogP contribution in [-0.2, 0) is 0 Å². The van der Waals surface area contributed by atoms with E-state index < -0.39 is 0 Å². The summed E-state index contributed by atoms with van der Waals surface area (Å²) in [5.74, 6) is 1.73. The van der Waals surface area contributed by atoms with Crippen molar-refractivity contribution in [2.45, 2.75) is 46.5 Å². The highest BCUT2D eigenvalue weighted by Gasteiger charge is 2.29. The first kappa shape index (κ1) is 14.9. The molecule has 1 nitrogen and oxygen atoms in total. The average Bonchev–Trinajstić information content (AvgIpc) is 2.46. The summed E-state index contributed by atoms with van der Waals surface area (Å²) in [4.78, 5) is 0. The summed E-state index contributed by atoms with van der Waals surface area (Å²) in [7, 11) is 0. The lowest BCUT2D eigenvalue weighted by Crippen LogP contribution is -2.24. The van der Waals surface area contributed by atoms with Crippen LogP contribution in [0.15, 0.2) is 30.3 Å². The molecule has 20 heavy (non-hydrogen) atoms. The molecule has 1 saturated carbocycles. The molecule has 0 atom stereocenters. The van der Waals surface area contributed by atoms with Crippen molar-refractivity contribution in [3.8, 4) is 6.07 Å². The minimum Gasteiger partial charge on any atom is -0.192 e. The molecular formula is C19H25N. The van der Waals surface area contributed by atoms with Crippen LogP contribution in [0.25, 0.3) is 6.08 Å². The summed E-state index contributed by atoms with van der Waals surface area (Å²) < 4.78 is 0. The molecule has 0 heterocycles. The zero-order valence-electron chi connectivity index (χ0n) is 12.9. The van der Waals surface area contributed by atoms with Gasteiger partial charge >= 0.3 is 0 Å². The van der Waals surface area contributed by atoms with Gasteiger partial charge in [-0.1, -0.05) is 45.1 Å². The van der Waals surface area contributed by atoms with Crippen LogP contribution in [0.2, 0.25) is 0 Å². The quantitative estimate of drug-likeness (QED) is 0.717. The maximum absolute atomic E-state index is 8.80. The Labute approximate surface area is 123 Å². The average molecular weight is 267 g/mol. The summed E-state index contributed by atoms with van der Waals surface area (Å²) in [6.45, 7) is 7.07. The number of nitriles is 1. The largest absolute Gasteiger partial charge is 0.192 e. The van der Waals surface area contributed by atoms with E-state index in [1.165, 1.54) is 31.2 Å². The monoisotopic (exact) mass is 267 g/mol. The number of hydrogen-bond acceptors (Lipinski definition) is 1. The second kappa shape index (κ2) is 6.27. The van der Waals surface area contributed by atoms with E-state index in [-0.39, 0.29) is 0 Å². The maximum Gasteiger partial charge on any atom is 0.0991 e. The Morgan fingerprint density at radius 1 is 1.20 bits per heavy atom. The summed E-state index contributed by atoms with van der Waals surface area (Å²) in [6.07, 6.45) is 9.89. The van der Waals surface area contributed by atoms with Gasteiger partial charge in [-0.3, -0.25) is 0 Å². The molecule has 0 unspecified atom stereocenters. The number of allylic oxidation sites excluding steroid dienone is 1. The highest BCUT2D eigenvalue weighted by Crippen LogP contribution is 2.42. The van der Waals surface area contributed by atoms with Gasteiger partial charge in [0.2, 0.25) is 0 Å². The molecule has 106 valence electrons. The van der Waals surface area contributed by atoms with Crippen molar-refractivity contribution in [3.63, 3.8) is 0 Å². The second-order valence-corrected chi connectivity index (χ2v) is 6.80. The molecule has 1 aliphatic carbocycles. The zero-order chi connectivity index (χ0) is 14.6. The van der Waals surface area contributed by atoms with E-state index in [0.717, 1.165) is 17.4 Å². The SMILES string of the molecule is CC(C)C1CCC(C)(/C=C/c2ccc(C#N)cc2)CC1. The molecule has 0 bridgehead atoms. The lowest BCUT2D eigenvalue weighted by atomic mass is 9.69. The molecule has 0 spiro atoms. The number of benzene rings is 1. The minimum atomic E-state index is 0.347. The van der Waals surface area contributed by atoms with Crippen LogP contribution in [-0.4, -0.2) is 0 Å². The molecule has 2 rings (SSSR count). The molecule has 1 fully saturated rings. The second-order valence-electron chi connectivity index (χ2n) is 6.80. The van der Waals surface area contributed by atoms with E-state index in [9.17, 15) is 0 Å². The molecule has 1 heteroatoms. The first-order valence-corrected chi connectivity index (χ1v) is 7.72. The van der Waals surface area contributed by atoms with Crippen molar-refractivity contribution in [1.29, 1.82) is 5.26 Å². The summed E-state index contributed by atoms with van der Waals surface area (Å²) in [6, 6.07) is 9.98. The first-order valence-electron chi connectivity index (χ1n) is 7.72. The van der Waals surface area contributed by atoms with Gasteiger partial charge in [0.25, 0.3) is 0 Å². The van der Waals surface area contributed by atoms with Gasteiger partial charge in [0.05, 0.1) is 11.6 Å². The number of hydrogen-bond donors (Lipinski definition) is 0. The molecule has 1 aliphatic rings. The Morgan fingerprint density at radius 3 is 2.30 bits per heavy atom. The molecule has 0 aromatic heterocycles. The van der Waals surface area contributed by atoms with Crippen LogP contribution in [0, 0.1) is 28.6 Å². The Bertz CT molecular complexity index is 494. The van der Waals surface area contributed by atoms with Crippen molar-refractivity contribution in [1.82, 2.24) is 0 Å². The predicted molar refractivity (Wildman–Crippen MR) is 85.1 cm³/mol. The zero-order valence-corrected chi connectivity index (χ0v) is 12.9. The Kier molecular flexibility index (Phi) is 4.65. The highest BCUT2D eigenvalue weighted by atomic mass is 14.3. The molecular weight excluding hydrogens is 242 g/mol. The standard InChI is InChI=1S/C19H25N/c1-15(2)18-9-12-19(3,13-10-18)11-8-16-4-6-17(14-20)7-5-16/h4-8,11,15,18H,9-10,12-13H2,1-3H3/b11-8+. The number of rotatable bonds is 3. The smallest absolute Gasteiger partial charge is 0.0991 e. The van der Waals surface area contributed by atoms with Gasteiger partial charge in [0, 0.05) is 0 Å². The van der Waals surface area contributed by atoms with Gasteiger partial charge in [-0.2, -0.15) is 5.26 Å². The van der Waals surface area contributed by atoms with Crippen molar-refractivity contribution >= 4 is 6.08 Å². The van der Waals surface area contributed by atoms with Crippen LogP contribution in [0.3, 0.4) is 0 Å². The van der Waals surface area contributed by atoms with Crippen LogP contribution in [0.1, 0.15) is 57.6 Å². The van der Waals surface area contributed by atoms with Crippen LogP contribution >= 0.6 is 0 Å². The fourth-order valence-corrected chi connectivity index (χ4v) is 3.10. The van der Waals surface area contributed by atoms with Crippen molar-refractivity contribution in [2.75, 3.05) is 0 Å². The van der Waals surface area contributed by atoms with Crippen LogP contribution in [0.5, 0.6) is 0 Å². The lowest BCUT2D eigenvalue weighted by molar-refractivity contribution is 0.185. The van der Waals surface area contributed by atoms with Gasteiger partial charge < -0.3 is 0 Å². The third-order valence-corrected chi connectivity index (χ3v) is 4.83. The molecule has 0 aliphatic heterocycles. The van der Waals surface area contributed by atoms with Gasteiger partial charge in [-0.05, 0) is 60.6 Å². The third kappa shape index (κ3) is 3.73. The fraction of sp³-hybridized carbons (Fsp3) is 0.526. The Hall–Kier alpha value is -1.55. The third-order valence-electron chi connectivity index (χ3n) is 4.83. The van der Waals surface area contributed by atoms with Gasteiger partial charge in [-0.25, -0.2) is 0 Å². The molecule has 1 aromatic carbocycles. The molecule has 0 N–H and O–H groups in total. The summed E-state index contributed by atoms with van der Waals surface area (Å²) >= 11 is 0. The van der Waals surface area contributed by atoms with Gasteiger partial charge in [-0.15, -0.1) is 0 Å². The normalized spacial score (nSPS) is 26.9. The Morgan fingerprint density at radius 2 is 1.80 bits per heavy atom. The van der Waals surface area contributed by atoms with Crippen LogP contribution < -0.4 is 0 Å². The summed E-state index contributed by atoms with van der Waals surface area (Å²) in [5.41, 5.74) is 2.27. The minimum absolute atomic E-state index is 0.347. The van der Waals surface area contributed by atoms with Gasteiger partial charge in [0.1, 0.15) is 0 Å². The van der Waals surface area contributed by atoms with Crippen LogP contribution in [0.4, 0.5) is 0 Å².